The van der Waals surface area contributed by atoms with Gasteiger partial charge in [-0.15, -0.1) is 0 Å². The molecule has 3 aromatic rings. The molecule has 0 radical (unpaired) electrons. The Balaban J connectivity index is 1.49. The maximum Gasteiger partial charge on any atom is 0.243 e. The lowest BCUT2D eigenvalue weighted by Crippen LogP contribution is -2.39. The highest BCUT2D eigenvalue weighted by Crippen LogP contribution is 2.38. The van der Waals surface area contributed by atoms with Gasteiger partial charge in [0.1, 0.15) is 5.82 Å². The first-order valence-corrected chi connectivity index (χ1v) is 14.7. The number of hydrogen-bond acceptors (Lipinski definition) is 4. The number of benzene rings is 2. The number of sulfonamides is 1. The van der Waals surface area contributed by atoms with Gasteiger partial charge in [0.2, 0.25) is 10.0 Å². The molecule has 34 heavy (non-hydrogen) atoms. The number of thioether (sulfide) groups is 1. The van der Waals surface area contributed by atoms with Crippen molar-refractivity contribution in [1.29, 1.82) is 0 Å². The Morgan fingerprint density at radius 2 is 1.88 bits per heavy atom. The highest BCUT2D eigenvalue weighted by Gasteiger charge is 2.30. The first-order chi connectivity index (χ1) is 16.3. The van der Waals surface area contributed by atoms with Gasteiger partial charge in [0, 0.05) is 24.9 Å². The van der Waals surface area contributed by atoms with Gasteiger partial charge in [-0.1, -0.05) is 43.7 Å². The molecule has 0 unspecified atom stereocenters. The Morgan fingerprint density at radius 1 is 1.09 bits per heavy atom. The summed E-state index contributed by atoms with van der Waals surface area (Å²) in [7, 11) is -3.54. The predicted molar refractivity (Wildman–Crippen MR) is 135 cm³/mol. The van der Waals surface area contributed by atoms with Crippen LogP contribution in [0.15, 0.2) is 46.5 Å². The molecule has 1 aliphatic heterocycles. The lowest BCUT2D eigenvalue weighted by molar-refractivity contribution is 0.281. The van der Waals surface area contributed by atoms with Gasteiger partial charge in [-0.3, -0.25) is 0 Å². The summed E-state index contributed by atoms with van der Waals surface area (Å²) in [6.07, 6.45) is 6.56. The van der Waals surface area contributed by atoms with Crippen molar-refractivity contribution in [2.45, 2.75) is 74.2 Å². The fraction of sp³-hybridized carbons (Fsp3) is 0.500. The first kappa shape index (κ1) is 23.8. The van der Waals surface area contributed by atoms with E-state index in [9.17, 15) is 12.8 Å². The number of halogens is 1. The zero-order chi connectivity index (χ0) is 23.9. The highest BCUT2D eigenvalue weighted by molar-refractivity contribution is 7.98. The van der Waals surface area contributed by atoms with E-state index in [2.05, 4.69) is 11.5 Å². The third-order valence-corrected chi connectivity index (χ3v) is 10.1. The zero-order valence-corrected chi connectivity index (χ0v) is 21.5. The Labute approximate surface area is 205 Å². The van der Waals surface area contributed by atoms with Crippen molar-refractivity contribution < 1.29 is 12.8 Å². The molecule has 1 saturated carbocycles. The lowest BCUT2D eigenvalue weighted by Gasteiger charge is -2.30. The molecule has 5 rings (SSSR count). The van der Waals surface area contributed by atoms with Gasteiger partial charge >= 0.3 is 0 Å². The molecule has 0 bridgehead atoms. The maximum absolute atomic E-state index is 14.0. The number of piperidine rings is 1. The largest absolute Gasteiger partial charge is 0.316 e. The van der Waals surface area contributed by atoms with Gasteiger partial charge in [0.05, 0.1) is 15.9 Å². The number of aryl methyl sites for hydroxylation is 1. The molecule has 2 aliphatic rings. The maximum atomic E-state index is 14.0. The number of fused-ring (bicyclic) bond motifs is 1. The van der Waals surface area contributed by atoms with Crippen LogP contribution in [0.3, 0.4) is 0 Å². The molecule has 5 nitrogen and oxygen atoms in total. The van der Waals surface area contributed by atoms with Crippen LogP contribution in [-0.2, 0) is 15.8 Å². The number of hydrogen-bond donors (Lipinski definition) is 0. The number of imidazole rings is 1. The van der Waals surface area contributed by atoms with Crippen molar-refractivity contribution in [2.75, 3.05) is 13.1 Å². The summed E-state index contributed by atoms with van der Waals surface area (Å²) in [5, 5.41) is 0.879. The summed E-state index contributed by atoms with van der Waals surface area (Å²) in [5.74, 6) is 0.803. The number of aromatic nitrogens is 2. The minimum atomic E-state index is -3.54. The lowest BCUT2D eigenvalue weighted by atomic mass is 10.0. The molecule has 1 saturated heterocycles. The van der Waals surface area contributed by atoms with Gasteiger partial charge in [0.15, 0.2) is 5.16 Å². The van der Waals surface area contributed by atoms with Crippen molar-refractivity contribution >= 4 is 32.8 Å². The van der Waals surface area contributed by atoms with E-state index in [0.717, 1.165) is 47.4 Å². The Kier molecular flexibility index (Phi) is 6.75. The van der Waals surface area contributed by atoms with Crippen LogP contribution in [0.2, 0.25) is 0 Å². The molecule has 2 aromatic carbocycles. The fourth-order valence-electron chi connectivity index (χ4n) is 5.22. The van der Waals surface area contributed by atoms with Gasteiger partial charge in [-0.05, 0) is 73.9 Å². The first-order valence-electron chi connectivity index (χ1n) is 12.2. The van der Waals surface area contributed by atoms with E-state index in [4.69, 9.17) is 4.98 Å². The molecular weight excluding hydrogens is 469 g/mol. The average Bonchev–Trinajstić information content (AvgIpc) is 3.46. The Hall–Kier alpha value is -1.90. The molecule has 0 amide bonds. The van der Waals surface area contributed by atoms with Crippen molar-refractivity contribution in [3.63, 3.8) is 0 Å². The van der Waals surface area contributed by atoms with Gasteiger partial charge in [-0.25, -0.2) is 17.8 Å². The van der Waals surface area contributed by atoms with Crippen molar-refractivity contribution in [3.8, 4) is 0 Å². The predicted octanol–water partition coefficient (Wildman–Crippen LogP) is 6.31. The molecule has 2 fully saturated rings. The van der Waals surface area contributed by atoms with Crippen LogP contribution in [0.1, 0.15) is 62.6 Å². The molecule has 1 aromatic heterocycles. The molecule has 0 spiro atoms. The van der Waals surface area contributed by atoms with Crippen LogP contribution < -0.4 is 0 Å². The Bertz CT molecular complexity index is 1300. The molecule has 0 N–H and O–H groups in total. The summed E-state index contributed by atoms with van der Waals surface area (Å²) in [4.78, 5) is 5.22. The van der Waals surface area contributed by atoms with Gasteiger partial charge in [-0.2, -0.15) is 4.31 Å². The molecule has 1 atom stereocenters. The summed E-state index contributed by atoms with van der Waals surface area (Å²) in [6.45, 7) is 5.03. The van der Waals surface area contributed by atoms with E-state index in [0.29, 0.717) is 41.3 Å². The van der Waals surface area contributed by atoms with Crippen LogP contribution >= 0.6 is 11.8 Å². The second-order valence-electron chi connectivity index (χ2n) is 9.84. The topological polar surface area (TPSA) is 55.2 Å². The second-order valence-corrected chi connectivity index (χ2v) is 12.7. The minimum Gasteiger partial charge on any atom is -0.316 e. The average molecular weight is 502 g/mol. The van der Waals surface area contributed by atoms with E-state index in [-0.39, 0.29) is 5.82 Å². The molecule has 8 heteroatoms. The van der Waals surface area contributed by atoms with Crippen LogP contribution in [-0.4, -0.2) is 35.4 Å². The standard InChI is InChI=1S/C26H32FN3O2S2/c1-18-6-5-13-29(16-18)34(31,32)22-11-12-25-24(15-22)28-26(30(25)21-7-3-4-8-21)33-17-20-10-9-19(2)23(27)14-20/h9-12,14-15,18,21H,3-8,13,16-17H2,1-2H3/t18-/m0/s1. The van der Waals surface area contributed by atoms with Crippen LogP contribution in [0, 0.1) is 18.7 Å². The van der Waals surface area contributed by atoms with E-state index in [1.54, 1.807) is 41.2 Å². The molecule has 2 heterocycles. The van der Waals surface area contributed by atoms with Crippen molar-refractivity contribution in [1.82, 2.24) is 13.9 Å². The SMILES string of the molecule is Cc1ccc(CSc2nc3cc(S(=O)(=O)N4CCC[C@H](C)C4)ccc3n2C2CCCC2)cc1F. The number of nitrogens with zero attached hydrogens (tertiary/aromatic N) is 3. The van der Waals surface area contributed by atoms with Crippen molar-refractivity contribution in [2.24, 2.45) is 5.92 Å². The third-order valence-electron chi connectivity index (χ3n) is 7.18. The van der Waals surface area contributed by atoms with E-state index in [1.807, 2.05) is 18.2 Å². The van der Waals surface area contributed by atoms with Crippen LogP contribution in [0.25, 0.3) is 11.0 Å². The van der Waals surface area contributed by atoms with E-state index < -0.39 is 10.0 Å². The normalized spacial score (nSPS) is 20.4. The quantitative estimate of drug-likeness (QED) is 0.371. The number of rotatable bonds is 6. The summed E-state index contributed by atoms with van der Waals surface area (Å²) < 4.78 is 44.6. The highest BCUT2D eigenvalue weighted by atomic mass is 32.2. The van der Waals surface area contributed by atoms with Crippen molar-refractivity contribution in [3.05, 3.63) is 53.3 Å². The van der Waals surface area contributed by atoms with Crippen LogP contribution in [0.4, 0.5) is 4.39 Å². The molecular formula is C26H32FN3O2S2. The summed E-state index contributed by atoms with van der Waals surface area (Å²) >= 11 is 1.59. The zero-order valence-electron chi connectivity index (χ0n) is 19.8. The fourth-order valence-corrected chi connectivity index (χ4v) is 7.87. The summed E-state index contributed by atoms with van der Waals surface area (Å²) in [5.41, 5.74) is 3.26. The smallest absolute Gasteiger partial charge is 0.243 e. The molecule has 182 valence electrons. The summed E-state index contributed by atoms with van der Waals surface area (Å²) in [6, 6.07) is 11.1. The van der Waals surface area contributed by atoms with Gasteiger partial charge < -0.3 is 4.57 Å². The second kappa shape index (κ2) is 9.63. The Morgan fingerprint density at radius 3 is 2.62 bits per heavy atom. The minimum absolute atomic E-state index is 0.190. The van der Waals surface area contributed by atoms with Gasteiger partial charge in [0.25, 0.3) is 0 Å². The third kappa shape index (κ3) is 4.64. The monoisotopic (exact) mass is 501 g/mol. The molecule has 1 aliphatic carbocycles. The van der Waals surface area contributed by atoms with Crippen LogP contribution in [0.5, 0.6) is 0 Å². The van der Waals surface area contributed by atoms with E-state index in [1.165, 1.54) is 12.8 Å². The van der Waals surface area contributed by atoms with E-state index >= 15 is 0 Å².